The van der Waals surface area contributed by atoms with Crippen molar-refractivity contribution in [1.29, 1.82) is 0 Å². The van der Waals surface area contributed by atoms with Crippen molar-refractivity contribution < 1.29 is 4.79 Å². The Labute approximate surface area is 158 Å². The molecule has 1 amide bonds. The average Bonchev–Trinajstić information content (AvgIpc) is 3.11. The molecule has 0 saturated carbocycles. The Morgan fingerprint density at radius 2 is 1.56 bits per heavy atom. The van der Waals surface area contributed by atoms with E-state index >= 15 is 0 Å². The fourth-order valence-corrected chi connectivity index (χ4v) is 3.23. The van der Waals surface area contributed by atoms with Crippen LogP contribution in [-0.2, 0) is 11.2 Å². The van der Waals surface area contributed by atoms with Crippen molar-refractivity contribution in [2.75, 3.05) is 17.3 Å². The molecule has 0 radical (unpaired) electrons. The van der Waals surface area contributed by atoms with Gasteiger partial charge < -0.3 is 15.2 Å². The average molecular weight is 355 g/mol. The first-order valence-electron chi connectivity index (χ1n) is 8.94. The number of aromatic nitrogens is 1. The highest BCUT2D eigenvalue weighted by molar-refractivity contribution is 5.95. The Hall–Kier alpha value is -3.53. The summed E-state index contributed by atoms with van der Waals surface area (Å²) in [7, 11) is 2.03. The fourth-order valence-electron chi connectivity index (χ4n) is 3.23. The molecule has 0 bridgehead atoms. The number of hydrogen-bond acceptors (Lipinski definition) is 2. The van der Waals surface area contributed by atoms with E-state index in [2.05, 4.69) is 27.3 Å². The molecule has 2 N–H and O–H groups in total. The van der Waals surface area contributed by atoms with Crippen molar-refractivity contribution in [1.82, 2.24) is 4.98 Å². The molecule has 0 aliphatic rings. The van der Waals surface area contributed by atoms with Crippen LogP contribution in [0, 0.1) is 0 Å². The molecule has 0 fully saturated rings. The molecule has 0 atom stereocenters. The van der Waals surface area contributed by atoms with Crippen molar-refractivity contribution in [3.63, 3.8) is 0 Å². The predicted molar refractivity (Wildman–Crippen MR) is 112 cm³/mol. The van der Waals surface area contributed by atoms with Crippen molar-refractivity contribution in [2.24, 2.45) is 0 Å². The maximum Gasteiger partial charge on any atom is 0.228 e. The van der Waals surface area contributed by atoms with Gasteiger partial charge in [-0.15, -0.1) is 0 Å². The van der Waals surface area contributed by atoms with Crippen LogP contribution in [0.3, 0.4) is 0 Å². The van der Waals surface area contributed by atoms with Crippen LogP contribution in [0.15, 0.2) is 85.1 Å². The quantitative estimate of drug-likeness (QED) is 0.522. The summed E-state index contributed by atoms with van der Waals surface area (Å²) in [4.78, 5) is 17.7. The summed E-state index contributed by atoms with van der Waals surface area (Å²) < 4.78 is 0. The summed E-state index contributed by atoms with van der Waals surface area (Å²) in [5.74, 6) is -0.0242. The molecule has 0 spiro atoms. The minimum atomic E-state index is -0.0242. The SMILES string of the molecule is CN(c1ccccc1)c1ccc(NC(=O)Cc2c[nH]c3ccccc23)cc1. The third-order valence-electron chi connectivity index (χ3n) is 4.71. The monoisotopic (exact) mass is 355 g/mol. The second-order valence-electron chi connectivity index (χ2n) is 6.53. The third-order valence-corrected chi connectivity index (χ3v) is 4.71. The summed E-state index contributed by atoms with van der Waals surface area (Å²) in [6.45, 7) is 0. The zero-order valence-electron chi connectivity index (χ0n) is 15.1. The van der Waals surface area contributed by atoms with Gasteiger partial charge in [-0.3, -0.25) is 4.79 Å². The summed E-state index contributed by atoms with van der Waals surface area (Å²) >= 11 is 0. The van der Waals surface area contributed by atoms with Gasteiger partial charge in [0.05, 0.1) is 6.42 Å². The second-order valence-corrected chi connectivity index (χ2v) is 6.53. The molecule has 1 aromatic heterocycles. The van der Waals surface area contributed by atoms with E-state index in [1.807, 2.05) is 80.0 Å². The van der Waals surface area contributed by atoms with E-state index in [4.69, 9.17) is 0 Å². The normalized spacial score (nSPS) is 10.7. The number of H-pyrrole nitrogens is 1. The van der Waals surface area contributed by atoms with Crippen LogP contribution >= 0.6 is 0 Å². The number of carbonyl (C=O) groups is 1. The van der Waals surface area contributed by atoms with Crippen LogP contribution in [0.2, 0.25) is 0 Å². The Kier molecular flexibility index (Phi) is 4.62. The van der Waals surface area contributed by atoms with E-state index in [9.17, 15) is 4.79 Å². The molecular formula is C23H21N3O. The third kappa shape index (κ3) is 3.70. The largest absolute Gasteiger partial charge is 0.361 e. The van der Waals surface area contributed by atoms with Gasteiger partial charge in [0.2, 0.25) is 5.91 Å². The number of hydrogen-bond donors (Lipinski definition) is 2. The topological polar surface area (TPSA) is 48.1 Å². The first-order valence-corrected chi connectivity index (χ1v) is 8.94. The number of amides is 1. The molecule has 0 aliphatic heterocycles. The Bertz CT molecular complexity index is 1050. The summed E-state index contributed by atoms with van der Waals surface area (Å²) in [5.41, 5.74) is 5.03. The van der Waals surface area contributed by atoms with E-state index in [1.165, 1.54) is 0 Å². The van der Waals surface area contributed by atoms with Gasteiger partial charge in [0.25, 0.3) is 0 Å². The van der Waals surface area contributed by atoms with E-state index in [0.717, 1.165) is 33.5 Å². The van der Waals surface area contributed by atoms with Gasteiger partial charge in [-0.1, -0.05) is 36.4 Å². The van der Waals surface area contributed by atoms with Crippen LogP contribution in [-0.4, -0.2) is 17.9 Å². The van der Waals surface area contributed by atoms with Crippen LogP contribution in [0.1, 0.15) is 5.56 Å². The molecule has 4 heteroatoms. The number of carbonyl (C=O) groups excluding carboxylic acids is 1. The van der Waals surface area contributed by atoms with Gasteiger partial charge in [-0.05, 0) is 48.0 Å². The van der Waals surface area contributed by atoms with E-state index in [-0.39, 0.29) is 5.91 Å². The molecule has 4 rings (SSSR count). The lowest BCUT2D eigenvalue weighted by Crippen LogP contribution is -2.14. The van der Waals surface area contributed by atoms with Crippen molar-refractivity contribution >= 4 is 33.9 Å². The summed E-state index contributed by atoms with van der Waals surface area (Å²) in [6.07, 6.45) is 2.25. The number of aromatic amines is 1. The van der Waals surface area contributed by atoms with Crippen LogP contribution in [0.25, 0.3) is 10.9 Å². The molecule has 134 valence electrons. The second kappa shape index (κ2) is 7.38. The fraction of sp³-hybridized carbons (Fsp3) is 0.0870. The first-order chi connectivity index (χ1) is 13.2. The number of benzene rings is 3. The number of nitrogens with zero attached hydrogens (tertiary/aromatic N) is 1. The molecule has 1 heterocycles. The number of fused-ring (bicyclic) bond motifs is 1. The van der Waals surface area contributed by atoms with E-state index < -0.39 is 0 Å². The molecule has 0 saturated heterocycles. The molecule has 4 aromatic rings. The lowest BCUT2D eigenvalue weighted by Gasteiger charge is -2.19. The smallest absolute Gasteiger partial charge is 0.228 e. The molecule has 27 heavy (non-hydrogen) atoms. The predicted octanol–water partition coefficient (Wildman–Crippen LogP) is 5.12. The Morgan fingerprint density at radius 1 is 0.889 bits per heavy atom. The van der Waals surface area contributed by atoms with Crippen molar-refractivity contribution in [3.8, 4) is 0 Å². The number of nitrogens with one attached hydrogen (secondary N) is 2. The minimum absolute atomic E-state index is 0.0242. The lowest BCUT2D eigenvalue weighted by atomic mass is 10.1. The van der Waals surface area contributed by atoms with Gasteiger partial charge in [0.1, 0.15) is 0 Å². The first kappa shape index (κ1) is 16.9. The van der Waals surface area contributed by atoms with Gasteiger partial charge in [0, 0.05) is 41.2 Å². The maximum atomic E-state index is 12.4. The highest BCUT2D eigenvalue weighted by Gasteiger charge is 2.09. The van der Waals surface area contributed by atoms with Crippen LogP contribution in [0.4, 0.5) is 17.1 Å². The highest BCUT2D eigenvalue weighted by atomic mass is 16.1. The maximum absolute atomic E-state index is 12.4. The Balaban J connectivity index is 1.43. The number of anilines is 3. The standard InChI is InChI=1S/C23H21N3O/c1-26(19-7-3-2-4-8-19)20-13-11-18(12-14-20)25-23(27)15-17-16-24-22-10-6-5-9-21(17)22/h2-14,16,24H,15H2,1H3,(H,25,27). The van der Waals surface area contributed by atoms with Gasteiger partial charge in [-0.2, -0.15) is 0 Å². The zero-order valence-corrected chi connectivity index (χ0v) is 15.1. The van der Waals surface area contributed by atoms with Crippen LogP contribution in [0.5, 0.6) is 0 Å². The van der Waals surface area contributed by atoms with E-state index in [0.29, 0.717) is 6.42 Å². The summed E-state index contributed by atoms with van der Waals surface area (Å²) in [6, 6.07) is 26.1. The lowest BCUT2D eigenvalue weighted by molar-refractivity contribution is -0.115. The molecular weight excluding hydrogens is 334 g/mol. The molecule has 3 aromatic carbocycles. The molecule has 4 nitrogen and oxygen atoms in total. The van der Waals surface area contributed by atoms with Crippen molar-refractivity contribution in [3.05, 3.63) is 90.6 Å². The van der Waals surface area contributed by atoms with Crippen molar-refractivity contribution in [2.45, 2.75) is 6.42 Å². The molecule has 0 aliphatic carbocycles. The number of para-hydroxylation sites is 2. The van der Waals surface area contributed by atoms with Gasteiger partial charge in [0.15, 0.2) is 0 Å². The number of rotatable bonds is 5. The van der Waals surface area contributed by atoms with Gasteiger partial charge in [-0.25, -0.2) is 0 Å². The van der Waals surface area contributed by atoms with Crippen LogP contribution < -0.4 is 10.2 Å². The van der Waals surface area contributed by atoms with Gasteiger partial charge >= 0.3 is 0 Å². The highest BCUT2D eigenvalue weighted by Crippen LogP contribution is 2.25. The molecule has 0 unspecified atom stereocenters. The Morgan fingerprint density at radius 3 is 2.33 bits per heavy atom. The zero-order chi connectivity index (χ0) is 18.6. The summed E-state index contributed by atoms with van der Waals surface area (Å²) in [5, 5.41) is 4.07. The minimum Gasteiger partial charge on any atom is -0.361 e. The van der Waals surface area contributed by atoms with E-state index in [1.54, 1.807) is 0 Å².